The van der Waals surface area contributed by atoms with Gasteiger partial charge in [-0.1, -0.05) is 0 Å². The first kappa shape index (κ1) is 13.5. The Labute approximate surface area is 89.2 Å². The van der Waals surface area contributed by atoms with Crippen LogP contribution in [0.5, 0.6) is 0 Å². The Morgan fingerprint density at radius 1 is 1.53 bits per heavy atom. The number of hydrogen-bond acceptors (Lipinski definition) is 3. The van der Waals surface area contributed by atoms with Crippen molar-refractivity contribution in [2.75, 3.05) is 13.6 Å². The van der Waals surface area contributed by atoms with Gasteiger partial charge in [0.05, 0.1) is 0 Å². The molecule has 0 heterocycles. The molecule has 0 aromatic rings. The molecular formula is C10H16N2O3. The Kier molecular flexibility index (Phi) is 7.02. The highest BCUT2D eigenvalue weighted by Gasteiger charge is 2.17. The first-order chi connectivity index (χ1) is 7.11. The van der Waals surface area contributed by atoms with Gasteiger partial charge in [0.1, 0.15) is 6.04 Å². The quantitative estimate of drug-likeness (QED) is 0.395. The Bertz CT molecular complexity index is 258. The Hall–Kier alpha value is -1.54. The van der Waals surface area contributed by atoms with Crippen LogP contribution < -0.4 is 10.6 Å². The highest BCUT2D eigenvalue weighted by molar-refractivity contribution is 5.83. The van der Waals surface area contributed by atoms with Crippen LogP contribution in [-0.2, 0) is 9.59 Å². The topological polar surface area (TPSA) is 78.4 Å². The number of carbonyl (C=O) groups is 2. The smallest absolute Gasteiger partial charge is 0.327 e. The second-order valence-corrected chi connectivity index (χ2v) is 3.07. The predicted molar refractivity (Wildman–Crippen MR) is 56.2 cm³/mol. The van der Waals surface area contributed by atoms with E-state index < -0.39 is 12.0 Å². The van der Waals surface area contributed by atoms with Crippen LogP contribution in [0, 0.1) is 12.3 Å². The zero-order valence-corrected chi connectivity index (χ0v) is 8.75. The highest BCUT2D eigenvalue weighted by atomic mass is 16.4. The van der Waals surface area contributed by atoms with Crippen LogP contribution in [0.1, 0.15) is 19.3 Å². The van der Waals surface area contributed by atoms with E-state index in [1.165, 1.54) is 0 Å². The summed E-state index contributed by atoms with van der Waals surface area (Å²) in [6, 6.07) is -0.975. The van der Waals surface area contributed by atoms with Gasteiger partial charge in [-0.2, -0.15) is 0 Å². The van der Waals surface area contributed by atoms with Crippen molar-refractivity contribution < 1.29 is 14.7 Å². The van der Waals surface area contributed by atoms with Crippen LogP contribution in [0.2, 0.25) is 0 Å². The second kappa shape index (κ2) is 7.83. The largest absolute Gasteiger partial charge is 0.480 e. The minimum absolute atomic E-state index is 0.00704. The van der Waals surface area contributed by atoms with Gasteiger partial charge in [0.25, 0.3) is 0 Å². The molecular weight excluding hydrogens is 196 g/mol. The van der Waals surface area contributed by atoms with Crippen molar-refractivity contribution in [3.8, 4) is 12.3 Å². The molecule has 0 bridgehead atoms. The average molecular weight is 212 g/mol. The summed E-state index contributed by atoms with van der Waals surface area (Å²) in [6.07, 6.45) is 5.97. The summed E-state index contributed by atoms with van der Waals surface area (Å²) in [6.45, 7) is 0.723. The number of carboxylic acids is 1. The molecule has 0 aliphatic heterocycles. The van der Waals surface area contributed by atoms with E-state index in [1.807, 2.05) is 0 Å². The molecule has 0 spiro atoms. The Morgan fingerprint density at radius 3 is 2.67 bits per heavy atom. The Balaban J connectivity index is 3.90. The molecule has 1 unspecified atom stereocenters. The van der Waals surface area contributed by atoms with Crippen molar-refractivity contribution in [3.63, 3.8) is 0 Å². The summed E-state index contributed by atoms with van der Waals surface area (Å²) in [7, 11) is 1.79. The van der Waals surface area contributed by atoms with Crippen molar-refractivity contribution in [1.29, 1.82) is 0 Å². The summed E-state index contributed by atoms with van der Waals surface area (Å²) >= 11 is 0. The molecule has 0 aliphatic rings. The van der Waals surface area contributed by atoms with E-state index in [-0.39, 0.29) is 12.3 Å². The fourth-order valence-corrected chi connectivity index (χ4v) is 1.01. The number of terminal acetylenes is 1. The molecule has 1 atom stereocenters. The molecule has 3 N–H and O–H groups in total. The van der Waals surface area contributed by atoms with E-state index in [2.05, 4.69) is 16.6 Å². The molecule has 0 saturated carbocycles. The van der Waals surface area contributed by atoms with E-state index >= 15 is 0 Å². The van der Waals surface area contributed by atoms with Gasteiger partial charge in [-0.3, -0.25) is 4.79 Å². The van der Waals surface area contributed by atoms with E-state index in [0.717, 1.165) is 6.54 Å². The molecule has 5 nitrogen and oxygen atoms in total. The lowest BCUT2D eigenvalue weighted by molar-refractivity contribution is -0.141. The fraction of sp³-hybridized carbons (Fsp3) is 0.600. The lowest BCUT2D eigenvalue weighted by Gasteiger charge is -2.11. The molecule has 0 aromatic heterocycles. The minimum Gasteiger partial charge on any atom is -0.480 e. The van der Waals surface area contributed by atoms with Crippen molar-refractivity contribution >= 4 is 11.9 Å². The molecule has 0 radical (unpaired) electrons. The minimum atomic E-state index is -1.10. The van der Waals surface area contributed by atoms with Crippen LogP contribution in [0.25, 0.3) is 0 Å². The van der Waals surface area contributed by atoms with Crippen LogP contribution >= 0.6 is 0 Å². The predicted octanol–water partition coefficient (Wildman–Crippen LogP) is -0.421. The van der Waals surface area contributed by atoms with Gasteiger partial charge in [0.2, 0.25) is 5.91 Å². The normalized spacial score (nSPS) is 11.5. The van der Waals surface area contributed by atoms with Gasteiger partial charge >= 0.3 is 5.97 Å². The molecule has 0 rings (SSSR count). The summed E-state index contributed by atoms with van der Waals surface area (Å²) in [5.74, 6) is 0.828. The first-order valence-electron chi connectivity index (χ1n) is 4.72. The maximum atomic E-state index is 11.2. The summed E-state index contributed by atoms with van der Waals surface area (Å²) in [4.78, 5) is 21.9. The molecule has 0 fully saturated rings. The molecule has 0 aromatic carbocycles. The average Bonchev–Trinajstić information content (AvgIpc) is 2.17. The van der Waals surface area contributed by atoms with Crippen molar-refractivity contribution in [3.05, 3.63) is 0 Å². The van der Waals surface area contributed by atoms with Crippen LogP contribution in [0.3, 0.4) is 0 Å². The van der Waals surface area contributed by atoms with Crippen LogP contribution in [0.4, 0.5) is 0 Å². The van der Waals surface area contributed by atoms with Crippen LogP contribution in [-0.4, -0.2) is 36.6 Å². The number of carboxylic acid groups (broad SMARTS) is 1. The maximum absolute atomic E-state index is 11.2. The Morgan fingerprint density at radius 2 is 2.20 bits per heavy atom. The van der Waals surface area contributed by atoms with Gasteiger partial charge in [-0.05, 0) is 20.0 Å². The molecule has 15 heavy (non-hydrogen) atoms. The zero-order chi connectivity index (χ0) is 11.7. The van der Waals surface area contributed by atoms with Crippen molar-refractivity contribution in [2.24, 2.45) is 0 Å². The number of hydrogen-bond donors (Lipinski definition) is 3. The monoisotopic (exact) mass is 212 g/mol. The molecule has 1 amide bonds. The second-order valence-electron chi connectivity index (χ2n) is 3.07. The van der Waals surface area contributed by atoms with E-state index in [1.54, 1.807) is 7.05 Å². The summed E-state index contributed by atoms with van der Waals surface area (Å²) < 4.78 is 0. The number of amides is 1. The van der Waals surface area contributed by atoms with Gasteiger partial charge in [-0.25, -0.2) is 4.79 Å². The number of rotatable bonds is 7. The molecule has 5 heteroatoms. The summed E-state index contributed by atoms with van der Waals surface area (Å²) in [5.41, 5.74) is 0. The third kappa shape index (κ3) is 6.52. The van der Waals surface area contributed by atoms with Gasteiger partial charge in [-0.15, -0.1) is 12.3 Å². The SMILES string of the molecule is C#CCC(NC(=O)CCCNC)C(=O)O. The molecule has 0 aliphatic carbocycles. The van der Waals surface area contributed by atoms with Crippen molar-refractivity contribution in [2.45, 2.75) is 25.3 Å². The third-order valence-corrected chi connectivity index (χ3v) is 1.79. The zero-order valence-electron chi connectivity index (χ0n) is 8.75. The number of aliphatic carboxylic acids is 1. The van der Waals surface area contributed by atoms with Gasteiger partial charge in [0, 0.05) is 12.8 Å². The van der Waals surface area contributed by atoms with E-state index in [4.69, 9.17) is 11.5 Å². The fourth-order valence-electron chi connectivity index (χ4n) is 1.01. The van der Waals surface area contributed by atoms with Gasteiger partial charge < -0.3 is 15.7 Å². The van der Waals surface area contributed by atoms with Crippen LogP contribution in [0.15, 0.2) is 0 Å². The standard InChI is InChI=1S/C10H16N2O3/c1-3-5-8(10(14)15)12-9(13)6-4-7-11-2/h1,8,11H,4-7H2,2H3,(H,12,13)(H,14,15). The molecule has 0 saturated heterocycles. The number of nitrogens with one attached hydrogen (secondary N) is 2. The lowest BCUT2D eigenvalue weighted by atomic mass is 10.2. The van der Waals surface area contributed by atoms with E-state index in [0.29, 0.717) is 12.8 Å². The summed E-state index contributed by atoms with van der Waals surface area (Å²) in [5, 5.41) is 14.0. The highest BCUT2D eigenvalue weighted by Crippen LogP contribution is 1.94. The molecule has 84 valence electrons. The van der Waals surface area contributed by atoms with Gasteiger partial charge in [0.15, 0.2) is 0 Å². The van der Waals surface area contributed by atoms with E-state index in [9.17, 15) is 9.59 Å². The van der Waals surface area contributed by atoms with Crippen molar-refractivity contribution in [1.82, 2.24) is 10.6 Å². The lowest BCUT2D eigenvalue weighted by Crippen LogP contribution is -2.40. The maximum Gasteiger partial charge on any atom is 0.327 e. The first-order valence-corrected chi connectivity index (χ1v) is 4.72. The number of carbonyl (C=O) groups excluding carboxylic acids is 1. The third-order valence-electron chi connectivity index (χ3n) is 1.79.